The zero-order valence-electron chi connectivity index (χ0n) is 26.4. The van der Waals surface area contributed by atoms with Gasteiger partial charge in [-0.3, -0.25) is 9.78 Å². The number of allylic oxidation sites excluding steroid dienone is 2. The summed E-state index contributed by atoms with van der Waals surface area (Å²) >= 11 is 0. The van der Waals surface area contributed by atoms with E-state index >= 15 is 0 Å². The second kappa shape index (κ2) is 13.6. The number of hydrogen-bond donors (Lipinski definition) is 1. The van der Waals surface area contributed by atoms with Crippen molar-refractivity contribution in [2.75, 3.05) is 0 Å². The Bertz CT molecular complexity index is 1600. The van der Waals surface area contributed by atoms with Gasteiger partial charge in [0, 0.05) is 42.4 Å². The summed E-state index contributed by atoms with van der Waals surface area (Å²) in [4.78, 5) is 21.1. The molecule has 4 nitrogen and oxygen atoms in total. The molecular weight excluding hydrogens is 697 g/mol. The van der Waals surface area contributed by atoms with E-state index in [4.69, 9.17) is 4.98 Å². The Morgan fingerprint density at radius 2 is 1.71 bits per heavy atom. The minimum Gasteiger partial charge on any atom is -0.512 e. The molecule has 0 unspecified atom stereocenters. The molecule has 1 aliphatic carbocycles. The monoisotopic (exact) mass is 742 g/mol. The molecule has 0 spiro atoms. The van der Waals surface area contributed by atoms with E-state index in [2.05, 4.69) is 67.4 Å². The molecular formula is C37H45IrN2O2-. The van der Waals surface area contributed by atoms with Gasteiger partial charge in [-0.25, -0.2) is 4.98 Å². The molecule has 0 aliphatic heterocycles. The van der Waals surface area contributed by atoms with Crippen molar-refractivity contribution in [2.24, 2.45) is 10.8 Å². The Hall–Kier alpha value is -2.88. The first kappa shape index (κ1) is 33.6. The minimum atomic E-state index is -0.376. The first-order valence-corrected chi connectivity index (χ1v) is 15.0. The molecule has 42 heavy (non-hydrogen) atoms. The Morgan fingerprint density at radius 3 is 2.36 bits per heavy atom. The fourth-order valence-corrected chi connectivity index (χ4v) is 5.13. The third-order valence-electron chi connectivity index (χ3n) is 8.42. The fraction of sp³-hybridized carbons (Fsp3) is 0.432. The Balaban J connectivity index is 0.000000278. The van der Waals surface area contributed by atoms with Crippen LogP contribution in [0.1, 0.15) is 97.3 Å². The van der Waals surface area contributed by atoms with E-state index in [-0.39, 0.29) is 42.5 Å². The van der Waals surface area contributed by atoms with Gasteiger partial charge in [0.25, 0.3) is 0 Å². The van der Waals surface area contributed by atoms with Crippen LogP contribution in [-0.2, 0) is 37.7 Å². The van der Waals surface area contributed by atoms with Crippen molar-refractivity contribution in [3.8, 4) is 11.3 Å². The second-order valence-corrected chi connectivity index (χ2v) is 13.3. The number of fused-ring (bicyclic) bond motifs is 4. The number of ketones is 1. The molecule has 4 aromatic rings. The molecule has 0 fully saturated rings. The number of nitrogens with zero attached hydrogens (tertiary/aromatic N) is 2. The van der Waals surface area contributed by atoms with E-state index in [1.54, 1.807) is 6.33 Å². The van der Waals surface area contributed by atoms with E-state index in [0.717, 1.165) is 28.6 Å². The van der Waals surface area contributed by atoms with Crippen molar-refractivity contribution < 1.29 is 30.0 Å². The van der Waals surface area contributed by atoms with Gasteiger partial charge in [0.05, 0.1) is 5.52 Å². The smallest absolute Gasteiger partial charge is 0.164 e. The van der Waals surface area contributed by atoms with Gasteiger partial charge in [-0.15, -0.1) is 34.9 Å². The normalized spacial score (nSPS) is 13.8. The van der Waals surface area contributed by atoms with Gasteiger partial charge >= 0.3 is 0 Å². The summed E-state index contributed by atoms with van der Waals surface area (Å²) < 4.78 is 0. The summed E-state index contributed by atoms with van der Waals surface area (Å²) in [5, 5.41) is 13.3. The van der Waals surface area contributed by atoms with E-state index < -0.39 is 0 Å². The average Bonchev–Trinajstić information content (AvgIpc) is 2.95. The number of aromatic nitrogens is 2. The van der Waals surface area contributed by atoms with Crippen LogP contribution < -0.4 is 0 Å². The van der Waals surface area contributed by atoms with Gasteiger partial charge in [0.1, 0.15) is 12.1 Å². The molecule has 225 valence electrons. The summed E-state index contributed by atoms with van der Waals surface area (Å²) in [6.07, 6.45) is 8.77. The van der Waals surface area contributed by atoms with Crippen molar-refractivity contribution in [3.63, 3.8) is 0 Å². The summed E-state index contributed by atoms with van der Waals surface area (Å²) in [5.74, 6) is 0.601. The number of benzene rings is 3. The van der Waals surface area contributed by atoms with Crippen molar-refractivity contribution >= 4 is 27.5 Å². The molecule has 0 atom stereocenters. The van der Waals surface area contributed by atoms with E-state index in [0.29, 0.717) is 5.92 Å². The molecule has 3 aromatic carbocycles. The van der Waals surface area contributed by atoms with Crippen LogP contribution in [0.25, 0.3) is 32.9 Å². The largest absolute Gasteiger partial charge is 0.512 e. The quantitative estimate of drug-likeness (QED) is 0.0958. The number of aliphatic hydroxyl groups excluding tert-OH is 1. The van der Waals surface area contributed by atoms with Crippen LogP contribution in [0.4, 0.5) is 0 Å². The first-order valence-electron chi connectivity index (χ1n) is 15.0. The van der Waals surface area contributed by atoms with Crippen molar-refractivity contribution in [2.45, 2.75) is 93.4 Å². The molecule has 5 rings (SSSR count). The maximum Gasteiger partial charge on any atom is 0.164 e. The maximum atomic E-state index is 11.7. The second-order valence-electron chi connectivity index (χ2n) is 13.3. The molecule has 0 amide bonds. The first-order chi connectivity index (χ1) is 19.3. The summed E-state index contributed by atoms with van der Waals surface area (Å²) in [5.41, 5.74) is 6.67. The van der Waals surface area contributed by atoms with Crippen molar-refractivity contribution in [1.82, 2.24) is 9.97 Å². The summed E-state index contributed by atoms with van der Waals surface area (Å²) in [6, 6.07) is 18.9. The molecule has 1 aromatic heterocycles. The van der Waals surface area contributed by atoms with Gasteiger partial charge in [-0.2, -0.15) is 0 Å². The standard InChI is InChI=1S/C25H23N2.C12H22O2.Ir/c1-16(2)21-9-5-8-18-12-13-22-24(26-15-27-25(22)23(18)21)20-11-10-17-6-3-4-7-19(17)14-20;1-7-12(5,6)10(14)8-9(13)11(2,3)4;/h5,8-10,12-16H,3-4,6-7H2,1-2H3;8,13H,7H2,1-6H3;/q-1;;/b;9-8-;. The van der Waals surface area contributed by atoms with Crippen LogP contribution in [0.3, 0.4) is 0 Å². The van der Waals surface area contributed by atoms with Gasteiger partial charge in [0.2, 0.25) is 0 Å². The number of aryl methyl sites for hydroxylation is 2. The minimum absolute atomic E-state index is 0. The number of rotatable bonds is 5. The Kier molecular flexibility index (Phi) is 10.9. The number of aliphatic hydroxyl groups is 1. The van der Waals surface area contributed by atoms with Gasteiger partial charge in [0.15, 0.2) is 5.78 Å². The third-order valence-corrected chi connectivity index (χ3v) is 8.42. The average molecular weight is 742 g/mol. The van der Waals surface area contributed by atoms with Crippen LogP contribution in [-0.4, -0.2) is 20.9 Å². The van der Waals surface area contributed by atoms with Crippen LogP contribution in [0.2, 0.25) is 0 Å². The van der Waals surface area contributed by atoms with Crippen LogP contribution in [0, 0.1) is 16.9 Å². The van der Waals surface area contributed by atoms with E-state index in [1.165, 1.54) is 59.2 Å². The molecule has 1 aliphatic rings. The molecule has 0 saturated heterocycles. The predicted octanol–water partition coefficient (Wildman–Crippen LogP) is 9.73. The summed E-state index contributed by atoms with van der Waals surface area (Å²) in [6.45, 7) is 15.9. The number of carbonyl (C=O) groups excluding carboxylic acids is 1. The molecule has 1 radical (unpaired) electrons. The number of carbonyl (C=O) groups is 1. The van der Waals surface area contributed by atoms with Crippen LogP contribution in [0.15, 0.2) is 60.6 Å². The Labute approximate surface area is 265 Å². The fourth-order valence-electron chi connectivity index (χ4n) is 5.13. The van der Waals surface area contributed by atoms with E-state index in [9.17, 15) is 9.90 Å². The van der Waals surface area contributed by atoms with Gasteiger partial charge in [-0.05, 0) is 40.8 Å². The third kappa shape index (κ3) is 7.36. The zero-order chi connectivity index (χ0) is 29.9. The van der Waals surface area contributed by atoms with Gasteiger partial charge < -0.3 is 5.11 Å². The zero-order valence-corrected chi connectivity index (χ0v) is 28.8. The number of hydrogen-bond acceptors (Lipinski definition) is 4. The van der Waals surface area contributed by atoms with Crippen molar-refractivity contribution in [1.29, 1.82) is 0 Å². The molecule has 1 N–H and O–H groups in total. The van der Waals surface area contributed by atoms with Crippen molar-refractivity contribution in [3.05, 3.63) is 83.4 Å². The molecule has 0 saturated carbocycles. The topological polar surface area (TPSA) is 63.1 Å². The summed E-state index contributed by atoms with van der Waals surface area (Å²) in [7, 11) is 0. The van der Waals surface area contributed by atoms with Crippen LogP contribution in [0.5, 0.6) is 0 Å². The molecule has 0 bridgehead atoms. The van der Waals surface area contributed by atoms with E-state index in [1.807, 2.05) is 41.5 Å². The Morgan fingerprint density at radius 1 is 1.02 bits per heavy atom. The molecule has 1 heterocycles. The molecule has 5 heteroatoms. The predicted molar refractivity (Wildman–Crippen MR) is 171 cm³/mol. The maximum absolute atomic E-state index is 11.7. The van der Waals surface area contributed by atoms with Gasteiger partial charge in [-0.1, -0.05) is 105 Å². The SMILES string of the molecule is CC(C)c1cccc2ccc3c(-c4[c-]cc5c(c4)CCCC5)ncnc3c12.CCC(C)(C)C(=O)/C=C(\O)C(C)(C)C.[Ir]. The van der Waals surface area contributed by atoms with Crippen LogP contribution >= 0.6 is 0 Å².